The van der Waals surface area contributed by atoms with Gasteiger partial charge in [0.1, 0.15) is 0 Å². The van der Waals surface area contributed by atoms with Crippen molar-refractivity contribution < 1.29 is 21.6 Å². The molecule has 0 radical (unpaired) electrons. The first-order chi connectivity index (χ1) is 9.76. The molecule has 0 saturated heterocycles. The molecule has 0 spiro atoms. The predicted octanol–water partition coefficient (Wildman–Crippen LogP) is 2.43. The Morgan fingerprint density at radius 1 is 1.33 bits per heavy atom. The van der Waals surface area contributed by atoms with E-state index in [0.29, 0.717) is 12.2 Å². The zero-order chi connectivity index (χ0) is 15.9. The SMILES string of the molecule is CCCNc1cccnc1S(=O)(=O)NCCSC(F)(F)F. The number of alkyl halides is 3. The lowest BCUT2D eigenvalue weighted by Gasteiger charge is -2.12. The van der Waals surface area contributed by atoms with Crippen molar-refractivity contribution in [3.8, 4) is 0 Å². The summed E-state index contributed by atoms with van der Waals surface area (Å²) in [6.45, 7) is 2.17. The molecule has 0 aromatic carbocycles. The second-order valence-electron chi connectivity index (χ2n) is 3.97. The Labute approximate surface area is 125 Å². The summed E-state index contributed by atoms with van der Waals surface area (Å²) in [6.07, 6.45) is 2.11. The van der Waals surface area contributed by atoms with Gasteiger partial charge in [0.05, 0.1) is 5.69 Å². The van der Waals surface area contributed by atoms with E-state index >= 15 is 0 Å². The molecule has 10 heteroatoms. The van der Waals surface area contributed by atoms with E-state index in [1.807, 2.05) is 6.92 Å². The molecule has 120 valence electrons. The van der Waals surface area contributed by atoms with Crippen LogP contribution in [-0.2, 0) is 10.0 Å². The van der Waals surface area contributed by atoms with Gasteiger partial charge in [0.25, 0.3) is 10.0 Å². The Bertz CT molecular complexity index is 550. The number of sulfonamides is 1. The first kappa shape index (κ1) is 18.1. The van der Waals surface area contributed by atoms with Gasteiger partial charge < -0.3 is 5.32 Å². The molecule has 0 amide bonds. The molecule has 2 N–H and O–H groups in total. The predicted molar refractivity (Wildman–Crippen MR) is 76.7 cm³/mol. The van der Waals surface area contributed by atoms with E-state index in [4.69, 9.17) is 0 Å². The van der Waals surface area contributed by atoms with Gasteiger partial charge in [0.2, 0.25) is 0 Å². The van der Waals surface area contributed by atoms with E-state index in [-0.39, 0.29) is 23.3 Å². The van der Waals surface area contributed by atoms with Crippen molar-refractivity contribution in [1.29, 1.82) is 0 Å². The van der Waals surface area contributed by atoms with Crippen LogP contribution >= 0.6 is 11.8 Å². The van der Waals surface area contributed by atoms with Gasteiger partial charge in [-0.15, -0.1) is 0 Å². The minimum atomic E-state index is -4.37. The maximum Gasteiger partial charge on any atom is 0.441 e. The van der Waals surface area contributed by atoms with Gasteiger partial charge >= 0.3 is 5.51 Å². The van der Waals surface area contributed by atoms with E-state index in [1.165, 1.54) is 6.20 Å². The normalized spacial score (nSPS) is 12.4. The number of hydrogen-bond acceptors (Lipinski definition) is 5. The van der Waals surface area contributed by atoms with Crippen molar-refractivity contribution >= 4 is 27.5 Å². The first-order valence-corrected chi connectivity index (χ1v) is 8.62. The Balaban J connectivity index is 2.70. The fourth-order valence-corrected chi connectivity index (χ4v) is 3.11. The van der Waals surface area contributed by atoms with E-state index in [0.717, 1.165) is 6.42 Å². The number of nitrogens with one attached hydrogen (secondary N) is 2. The number of hydrogen-bond donors (Lipinski definition) is 2. The standard InChI is InChI=1S/C11H16F3N3O2S2/c1-2-5-15-9-4-3-6-16-10(9)21(18,19)17-7-8-20-11(12,13)14/h3-4,6,15,17H,2,5,7-8H2,1H3. The molecule has 0 aliphatic heterocycles. The van der Waals surface area contributed by atoms with Crippen molar-refractivity contribution in [3.05, 3.63) is 18.3 Å². The molecule has 0 atom stereocenters. The maximum atomic E-state index is 12.0. The number of nitrogens with zero attached hydrogens (tertiary/aromatic N) is 1. The summed E-state index contributed by atoms with van der Waals surface area (Å²) in [5, 5.41) is 2.70. The second kappa shape index (κ2) is 7.85. The molecule has 1 heterocycles. The summed E-state index contributed by atoms with van der Waals surface area (Å²) in [6, 6.07) is 3.14. The molecule has 0 aliphatic rings. The van der Waals surface area contributed by atoms with E-state index in [1.54, 1.807) is 12.1 Å². The Kier molecular flexibility index (Phi) is 6.75. The van der Waals surface area contributed by atoms with Gasteiger partial charge in [-0.25, -0.2) is 18.1 Å². The number of pyridine rings is 1. The summed E-state index contributed by atoms with van der Waals surface area (Å²) in [5.41, 5.74) is -4.04. The molecule has 21 heavy (non-hydrogen) atoms. The highest BCUT2D eigenvalue weighted by Gasteiger charge is 2.28. The van der Waals surface area contributed by atoms with Crippen molar-refractivity contribution in [2.75, 3.05) is 24.2 Å². The van der Waals surface area contributed by atoms with Crippen LogP contribution < -0.4 is 10.0 Å². The van der Waals surface area contributed by atoms with Crippen LogP contribution in [0, 0.1) is 0 Å². The third-order valence-corrected chi connectivity index (χ3v) is 4.41. The number of halogens is 3. The second-order valence-corrected chi connectivity index (χ2v) is 6.82. The third-order valence-electron chi connectivity index (χ3n) is 2.25. The van der Waals surface area contributed by atoms with Gasteiger partial charge in [0.15, 0.2) is 5.03 Å². The monoisotopic (exact) mass is 343 g/mol. The van der Waals surface area contributed by atoms with Crippen LogP contribution in [0.2, 0.25) is 0 Å². The highest BCUT2D eigenvalue weighted by atomic mass is 32.2. The summed E-state index contributed by atoms with van der Waals surface area (Å²) in [7, 11) is -3.94. The van der Waals surface area contributed by atoms with Gasteiger partial charge in [-0.05, 0) is 30.3 Å². The van der Waals surface area contributed by atoms with E-state index < -0.39 is 21.3 Å². The number of aromatic nitrogens is 1. The molecule has 0 saturated carbocycles. The first-order valence-electron chi connectivity index (χ1n) is 6.15. The molecule has 1 aromatic rings. The summed E-state index contributed by atoms with van der Waals surface area (Å²) in [4.78, 5) is 3.79. The molecule has 0 unspecified atom stereocenters. The Morgan fingerprint density at radius 3 is 2.67 bits per heavy atom. The lowest BCUT2D eigenvalue weighted by Crippen LogP contribution is -2.28. The lowest BCUT2D eigenvalue weighted by molar-refractivity contribution is -0.0327. The number of rotatable bonds is 8. The van der Waals surface area contributed by atoms with Crippen LogP contribution in [0.4, 0.5) is 18.9 Å². The number of thioether (sulfide) groups is 1. The fraction of sp³-hybridized carbons (Fsp3) is 0.545. The Hall–Kier alpha value is -1.00. The molecule has 0 bridgehead atoms. The molecular formula is C11H16F3N3O2S2. The van der Waals surface area contributed by atoms with Gasteiger partial charge in [0, 0.05) is 25.0 Å². The zero-order valence-electron chi connectivity index (χ0n) is 11.3. The van der Waals surface area contributed by atoms with Gasteiger partial charge in [-0.1, -0.05) is 6.92 Å². The van der Waals surface area contributed by atoms with Gasteiger partial charge in [-0.2, -0.15) is 13.2 Å². The van der Waals surface area contributed by atoms with E-state index in [2.05, 4.69) is 15.0 Å². The summed E-state index contributed by atoms with van der Waals surface area (Å²) >= 11 is -0.275. The van der Waals surface area contributed by atoms with Crippen LogP contribution in [0.3, 0.4) is 0 Å². The van der Waals surface area contributed by atoms with Crippen molar-refractivity contribution in [2.45, 2.75) is 23.9 Å². The average molecular weight is 343 g/mol. The maximum absolute atomic E-state index is 12.0. The highest BCUT2D eigenvalue weighted by molar-refractivity contribution is 8.00. The lowest BCUT2D eigenvalue weighted by atomic mass is 10.4. The van der Waals surface area contributed by atoms with Crippen molar-refractivity contribution in [3.63, 3.8) is 0 Å². The average Bonchev–Trinajstić information content (AvgIpc) is 2.41. The third kappa shape index (κ3) is 6.53. The van der Waals surface area contributed by atoms with Crippen LogP contribution in [-0.4, -0.2) is 37.8 Å². The molecule has 5 nitrogen and oxygen atoms in total. The quantitative estimate of drug-likeness (QED) is 0.710. The van der Waals surface area contributed by atoms with Crippen LogP contribution in [0.5, 0.6) is 0 Å². The summed E-state index contributed by atoms with van der Waals surface area (Å²) in [5.74, 6) is -0.396. The molecular weight excluding hydrogens is 327 g/mol. The van der Waals surface area contributed by atoms with E-state index in [9.17, 15) is 21.6 Å². The molecule has 1 aromatic heterocycles. The minimum Gasteiger partial charge on any atom is -0.383 e. The van der Waals surface area contributed by atoms with Crippen LogP contribution in [0.15, 0.2) is 23.4 Å². The topological polar surface area (TPSA) is 71.1 Å². The van der Waals surface area contributed by atoms with Crippen molar-refractivity contribution in [2.24, 2.45) is 0 Å². The largest absolute Gasteiger partial charge is 0.441 e. The zero-order valence-corrected chi connectivity index (χ0v) is 12.9. The molecule has 0 fully saturated rings. The summed E-state index contributed by atoms with van der Waals surface area (Å²) < 4.78 is 62.1. The van der Waals surface area contributed by atoms with Gasteiger partial charge in [-0.3, -0.25) is 0 Å². The smallest absolute Gasteiger partial charge is 0.383 e. The minimum absolute atomic E-state index is 0.213. The highest BCUT2D eigenvalue weighted by Crippen LogP contribution is 2.29. The molecule has 1 rings (SSSR count). The van der Waals surface area contributed by atoms with Crippen LogP contribution in [0.25, 0.3) is 0 Å². The fourth-order valence-electron chi connectivity index (χ4n) is 1.41. The van der Waals surface area contributed by atoms with Crippen LogP contribution in [0.1, 0.15) is 13.3 Å². The molecule has 0 aliphatic carbocycles. The number of anilines is 1. The van der Waals surface area contributed by atoms with Crippen molar-refractivity contribution in [1.82, 2.24) is 9.71 Å². The Morgan fingerprint density at radius 2 is 2.05 bits per heavy atom.